The number of piperidine rings is 1. The highest BCUT2D eigenvalue weighted by Gasteiger charge is 2.22. The van der Waals surface area contributed by atoms with Crippen LogP contribution in [-0.2, 0) is 16.1 Å². The van der Waals surface area contributed by atoms with Crippen LogP contribution in [0.25, 0.3) is 0 Å². The average molecular weight is 426 g/mol. The molecule has 30 heavy (non-hydrogen) atoms. The van der Waals surface area contributed by atoms with E-state index in [4.69, 9.17) is 0 Å². The Morgan fingerprint density at radius 1 is 1.03 bits per heavy atom. The van der Waals surface area contributed by atoms with Crippen LogP contribution < -0.4 is 10.6 Å². The summed E-state index contributed by atoms with van der Waals surface area (Å²) in [4.78, 5) is 28.3. The van der Waals surface area contributed by atoms with Crippen LogP contribution in [-0.4, -0.2) is 42.6 Å². The van der Waals surface area contributed by atoms with Gasteiger partial charge in [0.15, 0.2) is 0 Å². The minimum absolute atomic E-state index is 0.412. The third-order valence-corrected chi connectivity index (χ3v) is 6.74. The molecule has 3 rings (SSSR count). The van der Waals surface area contributed by atoms with Crippen molar-refractivity contribution in [1.82, 2.24) is 10.2 Å². The van der Waals surface area contributed by atoms with E-state index in [-0.39, 0.29) is 0 Å². The van der Waals surface area contributed by atoms with Crippen LogP contribution in [0.5, 0.6) is 0 Å². The van der Waals surface area contributed by atoms with Gasteiger partial charge in [0, 0.05) is 23.7 Å². The Kier molecular flexibility index (Phi) is 7.94. The number of carbonyl (C=O) groups is 2. The Morgan fingerprint density at radius 2 is 1.77 bits per heavy atom. The van der Waals surface area contributed by atoms with E-state index in [1.54, 1.807) is 11.8 Å². The van der Waals surface area contributed by atoms with Gasteiger partial charge in [-0.15, -0.1) is 11.8 Å². The summed E-state index contributed by atoms with van der Waals surface area (Å²) in [6.45, 7) is 7.46. The van der Waals surface area contributed by atoms with Crippen LogP contribution in [0.1, 0.15) is 29.5 Å². The van der Waals surface area contributed by atoms with E-state index in [9.17, 15) is 9.59 Å². The highest BCUT2D eigenvalue weighted by atomic mass is 32.2. The summed E-state index contributed by atoms with van der Waals surface area (Å²) in [6.07, 6.45) is 4.17. The molecule has 0 bridgehead atoms. The van der Waals surface area contributed by atoms with E-state index < -0.39 is 11.8 Å². The second kappa shape index (κ2) is 10.6. The minimum atomic E-state index is -0.602. The van der Waals surface area contributed by atoms with Gasteiger partial charge in [0.05, 0.1) is 0 Å². The summed E-state index contributed by atoms with van der Waals surface area (Å²) in [5.74, 6) is -0.753. The molecule has 2 N–H and O–H groups in total. The normalized spacial score (nSPS) is 15.0. The van der Waals surface area contributed by atoms with Crippen molar-refractivity contribution in [3.05, 3.63) is 59.2 Å². The maximum Gasteiger partial charge on any atom is 0.313 e. The van der Waals surface area contributed by atoms with Gasteiger partial charge >= 0.3 is 11.8 Å². The number of likely N-dealkylation sites (tertiary alicyclic amines) is 1. The molecular formula is C24H31N3O2S. The molecule has 0 spiro atoms. The summed E-state index contributed by atoms with van der Waals surface area (Å²) >= 11 is 1.79. The lowest BCUT2D eigenvalue weighted by Crippen LogP contribution is -2.41. The highest BCUT2D eigenvalue weighted by molar-refractivity contribution is 7.98. The first-order chi connectivity index (χ1) is 14.5. The van der Waals surface area contributed by atoms with E-state index in [2.05, 4.69) is 46.1 Å². The molecule has 1 fully saturated rings. The summed E-state index contributed by atoms with van der Waals surface area (Å²) < 4.78 is 0. The number of hydrogen-bond acceptors (Lipinski definition) is 4. The van der Waals surface area contributed by atoms with Crippen molar-refractivity contribution in [2.45, 2.75) is 38.1 Å². The van der Waals surface area contributed by atoms with Gasteiger partial charge in [0.25, 0.3) is 0 Å². The lowest BCUT2D eigenvalue weighted by atomic mass is 9.96. The van der Waals surface area contributed by atoms with E-state index in [0.717, 1.165) is 43.6 Å². The molecule has 0 atom stereocenters. The molecule has 6 heteroatoms. The number of aryl methyl sites for hydroxylation is 1. The molecule has 1 saturated heterocycles. The third-order valence-electron chi connectivity index (χ3n) is 5.90. The Labute approximate surface area is 183 Å². The fraction of sp³-hybridized carbons (Fsp3) is 0.417. The van der Waals surface area contributed by atoms with E-state index >= 15 is 0 Å². The second-order valence-corrected chi connectivity index (χ2v) is 8.79. The first-order valence-electron chi connectivity index (χ1n) is 10.5. The summed E-state index contributed by atoms with van der Waals surface area (Å²) in [7, 11) is 0. The monoisotopic (exact) mass is 425 g/mol. The van der Waals surface area contributed by atoms with Gasteiger partial charge < -0.3 is 10.6 Å². The quantitative estimate of drug-likeness (QED) is 0.543. The summed E-state index contributed by atoms with van der Waals surface area (Å²) in [5, 5.41) is 5.54. The Morgan fingerprint density at radius 3 is 2.50 bits per heavy atom. The molecular weight excluding hydrogens is 394 g/mol. The second-order valence-electron chi connectivity index (χ2n) is 7.94. The predicted octanol–water partition coefficient (Wildman–Crippen LogP) is 3.99. The number of nitrogens with zero attached hydrogens (tertiary/aromatic N) is 1. The molecule has 0 saturated carbocycles. The van der Waals surface area contributed by atoms with Gasteiger partial charge in [-0.05, 0) is 80.8 Å². The lowest BCUT2D eigenvalue weighted by molar-refractivity contribution is -0.136. The van der Waals surface area contributed by atoms with Crippen molar-refractivity contribution in [3.63, 3.8) is 0 Å². The molecule has 1 heterocycles. The average Bonchev–Trinajstić information content (AvgIpc) is 2.76. The van der Waals surface area contributed by atoms with Crippen LogP contribution in [0.15, 0.2) is 47.4 Å². The van der Waals surface area contributed by atoms with Gasteiger partial charge in [-0.1, -0.05) is 30.3 Å². The molecule has 0 unspecified atom stereocenters. The fourth-order valence-electron chi connectivity index (χ4n) is 3.81. The van der Waals surface area contributed by atoms with Crippen LogP contribution in [0.3, 0.4) is 0 Å². The van der Waals surface area contributed by atoms with Gasteiger partial charge in [-0.2, -0.15) is 0 Å². The first kappa shape index (κ1) is 22.4. The SMILES string of the molecule is CSc1ccccc1CN1CCC(CNC(=O)C(=O)Nc2cccc(C)c2C)CC1. The largest absolute Gasteiger partial charge is 0.348 e. The number of rotatable bonds is 6. The van der Waals surface area contributed by atoms with Crippen LogP contribution in [0, 0.1) is 19.8 Å². The zero-order chi connectivity index (χ0) is 21.5. The summed E-state index contributed by atoms with van der Waals surface area (Å²) in [5.41, 5.74) is 4.13. The zero-order valence-corrected chi connectivity index (χ0v) is 18.8. The van der Waals surface area contributed by atoms with Gasteiger partial charge in [-0.3, -0.25) is 14.5 Å². The highest BCUT2D eigenvalue weighted by Crippen LogP contribution is 2.24. The third kappa shape index (κ3) is 5.86. The summed E-state index contributed by atoms with van der Waals surface area (Å²) in [6, 6.07) is 14.2. The van der Waals surface area contributed by atoms with Crippen LogP contribution in [0.4, 0.5) is 5.69 Å². The number of anilines is 1. The smallest absolute Gasteiger partial charge is 0.313 e. The van der Waals surface area contributed by atoms with E-state index in [1.807, 2.05) is 32.0 Å². The van der Waals surface area contributed by atoms with Gasteiger partial charge in [0.1, 0.15) is 0 Å². The number of thioether (sulfide) groups is 1. The van der Waals surface area contributed by atoms with Crippen LogP contribution >= 0.6 is 11.8 Å². The van der Waals surface area contributed by atoms with E-state index in [0.29, 0.717) is 18.2 Å². The molecule has 2 aromatic carbocycles. The Bertz CT molecular complexity index is 892. The zero-order valence-electron chi connectivity index (χ0n) is 18.0. The molecule has 2 aromatic rings. The fourth-order valence-corrected chi connectivity index (χ4v) is 4.42. The lowest BCUT2D eigenvalue weighted by Gasteiger charge is -2.32. The molecule has 2 amide bonds. The van der Waals surface area contributed by atoms with Gasteiger partial charge in [-0.25, -0.2) is 0 Å². The number of benzene rings is 2. The van der Waals surface area contributed by atoms with Crippen molar-refractivity contribution in [1.29, 1.82) is 0 Å². The number of carbonyl (C=O) groups excluding carboxylic acids is 2. The minimum Gasteiger partial charge on any atom is -0.348 e. The molecule has 1 aliphatic heterocycles. The maximum absolute atomic E-state index is 12.2. The number of hydrogen-bond donors (Lipinski definition) is 2. The Balaban J connectivity index is 1.42. The Hall–Kier alpha value is -2.31. The molecule has 1 aliphatic rings. The van der Waals surface area contributed by atoms with Crippen molar-refractivity contribution in [3.8, 4) is 0 Å². The van der Waals surface area contributed by atoms with Crippen molar-refractivity contribution < 1.29 is 9.59 Å². The molecule has 0 radical (unpaired) electrons. The van der Waals surface area contributed by atoms with Gasteiger partial charge in [0.2, 0.25) is 0 Å². The van der Waals surface area contributed by atoms with Crippen molar-refractivity contribution >= 4 is 29.3 Å². The number of nitrogens with one attached hydrogen (secondary N) is 2. The molecule has 5 nitrogen and oxygen atoms in total. The van der Waals surface area contributed by atoms with Crippen LogP contribution in [0.2, 0.25) is 0 Å². The molecule has 0 aliphatic carbocycles. The predicted molar refractivity (Wildman–Crippen MR) is 124 cm³/mol. The topological polar surface area (TPSA) is 61.4 Å². The van der Waals surface area contributed by atoms with Crippen molar-refractivity contribution in [2.24, 2.45) is 5.92 Å². The molecule has 0 aromatic heterocycles. The maximum atomic E-state index is 12.2. The molecule has 160 valence electrons. The van der Waals surface area contributed by atoms with E-state index in [1.165, 1.54) is 10.5 Å². The van der Waals surface area contributed by atoms with Crippen molar-refractivity contribution in [2.75, 3.05) is 31.2 Å². The standard InChI is InChI=1S/C24H31N3O2S/c1-17-7-6-9-21(18(17)2)26-24(29)23(28)25-15-19-11-13-27(14-12-19)16-20-8-4-5-10-22(20)30-3/h4-10,19H,11-16H2,1-3H3,(H,25,28)(H,26,29). The number of amides is 2. The first-order valence-corrected chi connectivity index (χ1v) is 11.7.